The molecular formula is C17H17F2N2. The van der Waals surface area contributed by atoms with Crippen molar-refractivity contribution in [2.75, 3.05) is 27.2 Å². The van der Waals surface area contributed by atoms with Crippen LogP contribution in [0.15, 0.2) is 47.2 Å². The summed E-state index contributed by atoms with van der Waals surface area (Å²) in [5.74, 6) is -0.348. The van der Waals surface area contributed by atoms with Crippen LogP contribution in [0.4, 0.5) is 8.78 Å². The molecule has 2 rings (SSSR count). The Labute approximate surface area is 123 Å². The van der Waals surface area contributed by atoms with Gasteiger partial charge < -0.3 is 4.90 Å². The Morgan fingerprint density at radius 3 is 2.71 bits per heavy atom. The van der Waals surface area contributed by atoms with Crippen molar-refractivity contribution in [2.24, 2.45) is 4.99 Å². The third-order valence-electron chi connectivity index (χ3n) is 3.01. The molecule has 0 atom stereocenters. The lowest BCUT2D eigenvalue weighted by molar-refractivity contribution is 0.421. The van der Waals surface area contributed by atoms with Gasteiger partial charge in [0.15, 0.2) is 6.17 Å². The molecule has 1 aromatic carbocycles. The van der Waals surface area contributed by atoms with Crippen LogP contribution in [-0.4, -0.2) is 38.3 Å². The maximum atomic E-state index is 14.0. The van der Waals surface area contributed by atoms with Crippen molar-refractivity contribution in [3.63, 3.8) is 0 Å². The molecule has 0 heterocycles. The summed E-state index contributed by atoms with van der Waals surface area (Å²) in [5, 5.41) is 0. The molecule has 0 N–H and O–H groups in total. The summed E-state index contributed by atoms with van der Waals surface area (Å²) in [6.45, 7) is 1.39. The van der Waals surface area contributed by atoms with Crippen molar-refractivity contribution >= 4 is 11.8 Å². The molecule has 1 radical (unpaired) electrons. The fraction of sp³-hybridized carbons (Fsp3) is 0.235. The fourth-order valence-electron chi connectivity index (χ4n) is 1.89. The summed E-state index contributed by atoms with van der Waals surface area (Å²) in [4.78, 5) is 6.26. The van der Waals surface area contributed by atoms with Gasteiger partial charge in [-0.25, -0.2) is 8.78 Å². The highest BCUT2D eigenvalue weighted by Crippen LogP contribution is 2.25. The summed E-state index contributed by atoms with van der Waals surface area (Å²) < 4.78 is 27.0. The van der Waals surface area contributed by atoms with Crippen molar-refractivity contribution in [1.29, 1.82) is 0 Å². The van der Waals surface area contributed by atoms with Gasteiger partial charge in [0.05, 0.1) is 6.54 Å². The molecule has 0 aliphatic heterocycles. The molecule has 1 aliphatic carbocycles. The average molecular weight is 287 g/mol. The van der Waals surface area contributed by atoms with Gasteiger partial charge in [-0.05, 0) is 32.3 Å². The van der Waals surface area contributed by atoms with E-state index in [4.69, 9.17) is 0 Å². The number of rotatable bonds is 5. The monoisotopic (exact) mass is 287 g/mol. The van der Waals surface area contributed by atoms with E-state index in [1.165, 1.54) is 24.4 Å². The lowest BCUT2D eigenvalue weighted by atomic mass is 9.98. The number of benzene rings is 1. The van der Waals surface area contributed by atoms with Crippen molar-refractivity contribution in [3.8, 4) is 0 Å². The summed E-state index contributed by atoms with van der Waals surface area (Å²) in [5.41, 5.74) is 4.52. The summed E-state index contributed by atoms with van der Waals surface area (Å²) in [7, 11) is 3.91. The zero-order chi connectivity index (χ0) is 15.2. The Balaban J connectivity index is 2.29. The average Bonchev–Trinajstić information content (AvgIpc) is 2.45. The predicted octanol–water partition coefficient (Wildman–Crippen LogP) is 3.42. The van der Waals surface area contributed by atoms with Crippen LogP contribution in [0.2, 0.25) is 0 Å². The first kappa shape index (κ1) is 15.4. The molecule has 0 spiro atoms. The molecule has 0 saturated heterocycles. The number of hydrogen-bond donors (Lipinski definition) is 0. The second kappa shape index (κ2) is 7.11. The Hall–Kier alpha value is -2.03. The predicted molar refractivity (Wildman–Crippen MR) is 82.4 cm³/mol. The van der Waals surface area contributed by atoms with E-state index in [0.717, 1.165) is 6.54 Å². The largest absolute Gasteiger partial charge is 0.308 e. The van der Waals surface area contributed by atoms with Gasteiger partial charge in [0, 0.05) is 35.5 Å². The minimum atomic E-state index is -0.364. The summed E-state index contributed by atoms with van der Waals surface area (Å²) in [6, 6.07) is 4.79. The van der Waals surface area contributed by atoms with Crippen molar-refractivity contribution in [3.05, 3.63) is 65.3 Å². The van der Waals surface area contributed by atoms with Gasteiger partial charge in [-0.15, -0.1) is 5.73 Å². The van der Waals surface area contributed by atoms with Crippen LogP contribution in [0.1, 0.15) is 11.1 Å². The lowest BCUT2D eigenvalue weighted by Crippen LogP contribution is -2.15. The van der Waals surface area contributed by atoms with Crippen LogP contribution in [-0.2, 0) is 0 Å². The van der Waals surface area contributed by atoms with Gasteiger partial charge in [-0.1, -0.05) is 12.1 Å². The molecule has 0 bridgehead atoms. The van der Waals surface area contributed by atoms with Gasteiger partial charge in [-0.3, -0.25) is 4.99 Å². The van der Waals surface area contributed by atoms with Crippen LogP contribution in [0.5, 0.6) is 0 Å². The van der Waals surface area contributed by atoms with E-state index >= 15 is 0 Å². The number of hydrogen-bond acceptors (Lipinski definition) is 2. The van der Waals surface area contributed by atoms with Gasteiger partial charge in [0.1, 0.15) is 5.82 Å². The quantitative estimate of drug-likeness (QED) is 0.598. The normalized spacial score (nSPS) is 15.2. The van der Waals surface area contributed by atoms with E-state index in [2.05, 4.69) is 10.7 Å². The Morgan fingerprint density at radius 2 is 2.05 bits per heavy atom. The van der Waals surface area contributed by atoms with Crippen molar-refractivity contribution in [2.45, 2.75) is 0 Å². The molecule has 0 aromatic heterocycles. The van der Waals surface area contributed by atoms with Gasteiger partial charge in [0.2, 0.25) is 0 Å². The summed E-state index contributed by atoms with van der Waals surface area (Å²) in [6.07, 6.45) is 5.33. The van der Waals surface area contributed by atoms with E-state index in [9.17, 15) is 8.78 Å². The minimum Gasteiger partial charge on any atom is -0.308 e. The zero-order valence-electron chi connectivity index (χ0n) is 12.1. The number of halogens is 2. The standard InChI is InChI=1S/C17H17F2N2/c1-21(2)11-10-20-12-16-15(4-3-5-17(16)19)13-6-8-14(18)9-7-13/h3-6,8-9,12H,10-11H2,1-2H3. The topological polar surface area (TPSA) is 15.6 Å². The molecule has 0 saturated carbocycles. The maximum absolute atomic E-state index is 14.0. The van der Waals surface area contributed by atoms with Crippen LogP contribution in [0, 0.1) is 12.0 Å². The van der Waals surface area contributed by atoms with Crippen LogP contribution >= 0.6 is 0 Å². The second-order valence-electron chi connectivity index (χ2n) is 4.96. The first-order valence-electron chi connectivity index (χ1n) is 6.68. The van der Waals surface area contributed by atoms with Crippen LogP contribution < -0.4 is 0 Å². The second-order valence-corrected chi connectivity index (χ2v) is 4.96. The third kappa shape index (κ3) is 4.22. The fourth-order valence-corrected chi connectivity index (χ4v) is 1.89. The van der Waals surface area contributed by atoms with E-state index in [1.54, 1.807) is 18.2 Å². The third-order valence-corrected chi connectivity index (χ3v) is 3.01. The molecule has 2 nitrogen and oxygen atoms in total. The maximum Gasteiger partial charge on any atom is 0.196 e. The molecular weight excluding hydrogens is 270 g/mol. The Morgan fingerprint density at radius 1 is 1.24 bits per heavy atom. The SMILES string of the molecule is CN(C)CCN=Cc1c(F)cccc1C1=C=C[C](F)C=C1. The van der Waals surface area contributed by atoms with Crippen molar-refractivity contribution < 1.29 is 8.78 Å². The molecule has 0 fully saturated rings. The van der Waals surface area contributed by atoms with Gasteiger partial charge >= 0.3 is 0 Å². The Kier molecular flexibility index (Phi) is 5.20. The molecule has 1 aliphatic rings. The highest BCUT2D eigenvalue weighted by molar-refractivity contribution is 5.91. The first-order chi connectivity index (χ1) is 10.1. The lowest BCUT2D eigenvalue weighted by Gasteiger charge is -2.09. The molecule has 0 amide bonds. The van der Waals surface area contributed by atoms with E-state index in [1.807, 2.05) is 19.0 Å². The van der Waals surface area contributed by atoms with E-state index in [-0.39, 0.29) is 12.0 Å². The van der Waals surface area contributed by atoms with Crippen LogP contribution in [0.3, 0.4) is 0 Å². The molecule has 4 heteroatoms. The van der Waals surface area contributed by atoms with Gasteiger partial charge in [-0.2, -0.15) is 0 Å². The molecule has 21 heavy (non-hydrogen) atoms. The van der Waals surface area contributed by atoms with Crippen LogP contribution in [0.25, 0.3) is 5.57 Å². The number of nitrogens with zero attached hydrogens (tertiary/aromatic N) is 2. The highest BCUT2D eigenvalue weighted by Gasteiger charge is 2.11. The Bertz CT molecular complexity index is 624. The van der Waals surface area contributed by atoms with Crippen molar-refractivity contribution in [1.82, 2.24) is 4.90 Å². The first-order valence-corrected chi connectivity index (χ1v) is 6.68. The van der Waals surface area contributed by atoms with Gasteiger partial charge in [0.25, 0.3) is 0 Å². The number of likely N-dealkylation sites (N-methyl/N-ethyl adjacent to an activating group) is 1. The highest BCUT2D eigenvalue weighted by atomic mass is 19.1. The van der Waals surface area contributed by atoms with E-state index < -0.39 is 0 Å². The molecule has 0 unspecified atom stereocenters. The smallest absolute Gasteiger partial charge is 0.196 e. The zero-order valence-corrected chi connectivity index (χ0v) is 12.1. The molecule has 1 aromatic rings. The minimum absolute atomic E-state index is 0.348. The summed E-state index contributed by atoms with van der Waals surface area (Å²) >= 11 is 0. The molecule has 109 valence electrons. The number of allylic oxidation sites excluding steroid dienone is 3. The number of aliphatic imine (C=N–C) groups is 1. The van der Waals surface area contributed by atoms with E-state index in [0.29, 0.717) is 23.2 Å².